The van der Waals surface area contributed by atoms with Crippen molar-refractivity contribution >= 4 is 52.9 Å². The molecule has 0 saturated heterocycles. The van der Waals surface area contributed by atoms with E-state index in [1.807, 2.05) is 36.2 Å². The molecule has 8 heteroatoms. The second-order valence-corrected chi connectivity index (χ2v) is 6.37. The summed E-state index contributed by atoms with van der Waals surface area (Å²) in [5.41, 5.74) is 0. The highest BCUT2D eigenvalue weighted by atomic mass is 127. The highest BCUT2D eigenvalue weighted by Crippen LogP contribution is 2.22. The first kappa shape index (κ1) is 20.0. The van der Waals surface area contributed by atoms with Crippen molar-refractivity contribution in [2.75, 3.05) is 27.2 Å². The van der Waals surface area contributed by atoms with Crippen molar-refractivity contribution in [2.24, 2.45) is 4.99 Å². The van der Waals surface area contributed by atoms with Crippen LogP contribution in [-0.2, 0) is 6.54 Å². The van der Waals surface area contributed by atoms with Crippen LogP contribution in [-0.4, -0.2) is 43.1 Å². The molecule has 0 spiro atoms. The zero-order chi connectivity index (χ0) is 15.8. The molecule has 0 saturated carbocycles. The Morgan fingerprint density at radius 1 is 1.43 bits per heavy atom. The minimum atomic E-state index is 0. The van der Waals surface area contributed by atoms with Crippen LogP contribution >= 0.6 is 46.9 Å². The van der Waals surface area contributed by atoms with Crippen LogP contribution in [0.15, 0.2) is 41.7 Å². The summed E-state index contributed by atoms with van der Waals surface area (Å²) >= 11 is 7.53. The van der Waals surface area contributed by atoms with Gasteiger partial charge in [0.2, 0.25) is 0 Å². The van der Waals surface area contributed by atoms with Crippen molar-refractivity contribution in [3.05, 3.63) is 45.9 Å². The third-order valence-corrected chi connectivity index (χ3v) is 4.10. The first-order valence-electron chi connectivity index (χ1n) is 6.88. The highest BCUT2D eigenvalue weighted by molar-refractivity contribution is 14.0. The zero-order valence-corrected chi connectivity index (χ0v) is 16.9. The molecule has 2 aromatic heterocycles. The monoisotopic (exact) mass is 466 g/mol. The molecule has 0 aromatic carbocycles. The van der Waals surface area contributed by atoms with Crippen LogP contribution < -0.4 is 10.1 Å². The Bertz CT molecular complexity index is 609. The smallest absolute Gasteiger partial charge is 0.193 e. The summed E-state index contributed by atoms with van der Waals surface area (Å²) in [6.45, 7) is 1.97. The van der Waals surface area contributed by atoms with Gasteiger partial charge in [-0.3, -0.25) is 9.98 Å². The van der Waals surface area contributed by atoms with E-state index in [0.29, 0.717) is 13.2 Å². The maximum atomic E-state index is 5.95. The fraction of sp³-hybridized carbons (Fsp3) is 0.333. The van der Waals surface area contributed by atoms with E-state index in [4.69, 9.17) is 16.3 Å². The Kier molecular flexibility index (Phi) is 9.27. The molecule has 0 unspecified atom stereocenters. The number of thiophene rings is 1. The lowest BCUT2D eigenvalue weighted by Crippen LogP contribution is -2.40. The van der Waals surface area contributed by atoms with Gasteiger partial charge in [-0.25, -0.2) is 0 Å². The van der Waals surface area contributed by atoms with E-state index in [0.717, 1.165) is 22.6 Å². The maximum Gasteiger partial charge on any atom is 0.193 e. The van der Waals surface area contributed by atoms with E-state index < -0.39 is 0 Å². The van der Waals surface area contributed by atoms with Gasteiger partial charge >= 0.3 is 0 Å². The van der Waals surface area contributed by atoms with Gasteiger partial charge in [-0.2, -0.15) is 0 Å². The molecular weight excluding hydrogens is 447 g/mol. The van der Waals surface area contributed by atoms with E-state index in [1.54, 1.807) is 30.8 Å². The Balaban J connectivity index is 0.00000264. The fourth-order valence-electron chi connectivity index (χ4n) is 1.89. The second-order valence-electron chi connectivity index (χ2n) is 4.57. The van der Waals surface area contributed by atoms with E-state index >= 15 is 0 Å². The predicted molar refractivity (Wildman–Crippen MR) is 107 cm³/mol. The normalized spacial score (nSPS) is 10.8. The van der Waals surface area contributed by atoms with Crippen LogP contribution in [0.2, 0.25) is 4.34 Å². The molecule has 0 amide bonds. The van der Waals surface area contributed by atoms with Crippen molar-refractivity contribution < 1.29 is 4.74 Å². The molecule has 2 rings (SSSR count). The molecule has 23 heavy (non-hydrogen) atoms. The molecule has 0 aliphatic heterocycles. The third kappa shape index (κ3) is 6.92. The Hall–Kier alpha value is -1.06. The maximum absolute atomic E-state index is 5.95. The Morgan fingerprint density at radius 3 is 2.87 bits per heavy atom. The Morgan fingerprint density at radius 2 is 2.26 bits per heavy atom. The molecule has 2 aromatic rings. The molecule has 0 atom stereocenters. The lowest BCUT2D eigenvalue weighted by molar-refractivity contribution is 0.318. The minimum absolute atomic E-state index is 0. The number of hydrogen-bond acceptors (Lipinski definition) is 4. The quantitative estimate of drug-likeness (QED) is 0.306. The predicted octanol–water partition coefficient (Wildman–Crippen LogP) is 3.50. The fourth-order valence-corrected chi connectivity index (χ4v) is 3.04. The summed E-state index contributed by atoms with van der Waals surface area (Å²) in [6, 6.07) is 7.67. The minimum Gasteiger partial charge on any atom is -0.490 e. The molecular formula is C15H20ClIN4OS. The lowest BCUT2D eigenvalue weighted by atomic mass is 10.4. The summed E-state index contributed by atoms with van der Waals surface area (Å²) in [5.74, 6) is 1.58. The van der Waals surface area contributed by atoms with Crippen molar-refractivity contribution in [3.63, 3.8) is 0 Å². The molecule has 0 bridgehead atoms. The van der Waals surface area contributed by atoms with Gasteiger partial charge in [0.05, 0.1) is 23.6 Å². The molecule has 0 aliphatic rings. The first-order chi connectivity index (χ1) is 10.7. The molecule has 0 aliphatic carbocycles. The second kappa shape index (κ2) is 10.7. The van der Waals surface area contributed by atoms with Gasteiger partial charge in [-0.15, -0.1) is 35.3 Å². The number of aliphatic imine (C=N–C) groups is 1. The van der Waals surface area contributed by atoms with Crippen molar-refractivity contribution in [1.29, 1.82) is 0 Å². The van der Waals surface area contributed by atoms with Gasteiger partial charge in [0.1, 0.15) is 12.4 Å². The van der Waals surface area contributed by atoms with Crippen LogP contribution in [0.3, 0.4) is 0 Å². The zero-order valence-electron chi connectivity index (χ0n) is 13.0. The SMILES string of the molecule is CN=C(NCCOc1cccnc1)N(C)Cc1ccc(Cl)s1.I. The van der Waals surface area contributed by atoms with Crippen LogP contribution in [0.4, 0.5) is 0 Å². The number of pyridine rings is 1. The molecule has 5 nitrogen and oxygen atoms in total. The Labute approximate surface area is 162 Å². The van der Waals surface area contributed by atoms with Gasteiger partial charge < -0.3 is 15.0 Å². The van der Waals surface area contributed by atoms with Crippen LogP contribution in [0.1, 0.15) is 4.88 Å². The summed E-state index contributed by atoms with van der Waals surface area (Å²) in [6.07, 6.45) is 3.42. The van der Waals surface area contributed by atoms with Crippen molar-refractivity contribution in [3.8, 4) is 5.75 Å². The van der Waals surface area contributed by atoms with Crippen molar-refractivity contribution in [2.45, 2.75) is 6.54 Å². The van der Waals surface area contributed by atoms with E-state index in [2.05, 4.69) is 15.3 Å². The average molecular weight is 467 g/mol. The number of aromatic nitrogens is 1. The van der Waals surface area contributed by atoms with Gasteiger partial charge in [-0.1, -0.05) is 11.6 Å². The molecule has 126 valence electrons. The van der Waals surface area contributed by atoms with E-state index in [-0.39, 0.29) is 24.0 Å². The molecule has 1 N–H and O–H groups in total. The lowest BCUT2D eigenvalue weighted by Gasteiger charge is -2.21. The number of ether oxygens (including phenoxy) is 1. The van der Waals surface area contributed by atoms with Crippen LogP contribution in [0.25, 0.3) is 0 Å². The van der Waals surface area contributed by atoms with Gasteiger partial charge in [0.15, 0.2) is 5.96 Å². The van der Waals surface area contributed by atoms with E-state index in [1.165, 1.54) is 4.88 Å². The van der Waals surface area contributed by atoms with Crippen LogP contribution in [0, 0.1) is 0 Å². The largest absolute Gasteiger partial charge is 0.490 e. The molecule has 2 heterocycles. The number of hydrogen-bond donors (Lipinski definition) is 1. The first-order valence-corrected chi connectivity index (χ1v) is 8.07. The summed E-state index contributed by atoms with van der Waals surface area (Å²) in [5, 5.41) is 3.27. The van der Waals surface area contributed by atoms with Gasteiger partial charge in [-0.05, 0) is 24.3 Å². The highest BCUT2D eigenvalue weighted by Gasteiger charge is 2.07. The topological polar surface area (TPSA) is 49.8 Å². The molecule has 0 radical (unpaired) electrons. The van der Waals surface area contributed by atoms with Gasteiger partial charge in [0, 0.05) is 25.2 Å². The van der Waals surface area contributed by atoms with E-state index in [9.17, 15) is 0 Å². The van der Waals surface area contributed by atoms with Crippen molar-refractivity contribution in [1.82, 2.24) is 15.2 Å². The third-order valence-electron chi connectivity index (χ3n) is 2.88. The summed E-state index contributed by atoms with van der Waals surface area (Å²) in [7, 11) is 3.76. The number of halogens is 2. The number of guanidine groups is 1. The van der Waals surface area contributed by atoms with Gasteiger partial charge in [0.25, 0.3) is 0 Å². The number of nitrogens with one attached hydrogen (secondary N) is 1. The number of rotatable bonds is 6. The standard InChI is InChI=1S/C15H19ClN4OS.HI/c1-17-15(20(2)11-13-5-6-14(16)22-13)19-8-9-21-12-4-3-7-18-10-12;/h3-7,10H,8-9,11H2,1-2H3,(H,17,19);1H. The molecule has 0 fully saturated rings. The average Bonchev–Trinajstić information content (AvgIpc) is 2.93. The summed E-state index contributed by atoms with van der Waals surface area (Å²) < 4.78 is 6.39. The number of nitrogens with zero attached hydrogens (tertiary/aromatic N) is 3. The van der Waals surface area contributed by atoms with Crippen LogP contribution in [0.5, 0.6) is 5.75 Å². The summed E-state index contributed by atoms with van der Waals surface area (Å²) in [4.78, 5) is 11.5.